The van der Waals surface area contributed by atoms with Crippen LogP contribution in [0.25, 0.3) is 0 Å². The molecule has 1 heterocycles. The molecular weight excluding hydrogens is 368 g/mol. The van der Waals surface area contributed by atoms with Crippen LogP contribution in [0.5, 0.6) is 5.75 Å². The van der Waals surface area contributed by atoms with Gasteiger partial charge in [-0.3, -0.25) is 9.59 Å². The first-order valence-corrected chi connectivity index (χ1v) is 9.15. The van der Waals surface area contributed by atoms with Gasteiger partial charge in [-0.25, -0.2) is 0 Å². The van der Waals surface area contributed by atoms with Crippen LogP contribution in [0.3, 0.4) is 0 Å². The Balaban J connectivity index is 1.62. The number of hydrogen-bond donors (Lipinski definition) is 3. The monoisotopic (exact) mass is 388 g/mol. The number of amides is 2. The number of hydrogen-bond acceptors (Lipinski definition) is 4. The summed E-state index contributed by atoms with van der Waals surface area (Å²) in [6, 6.07) is 11.4. The van der Waals surface area contributed by atoms with Crippen LogP contribution in [0.2, 0.25) is 5.02 Å². The highest BCUT2D eigenvalue weighted by Gasteiger charge is 2.17. The summed E-state index contributed by atoms with van der Waals surface area (Å²) in [5.74, 6) is -0.473. The van der Waals surface area contributed by atoms with Crippen molar-refractivity contribution in [2.24, 2.45) is 0 Å². The van der Waals surface area contributed by atoms with Crippen molar-refractivity contribution in [3.63, 3.8) is 0 Å². The molecule has 2 aromatic rings. The third-order valence-electron chi connectivity index (χ3n) is 4.36. The summed E-state index contributed by atoms with van der Waals surface area (Å²) in [6.45, 7) is 1.30. The lowest BCUT2D eigenvalue weighted by atomic mass is 10.1. The third-order valence-corrected chi connectivity index (χ3v) is 4.59. The standard InChI is InChI=1S/C20H21ClN2O4/c21-15-4-5-18(24)14(10-15)12-19(25)22-17-3-1-2-13(11-17)20(26)23-16-6-8-27-9-7-16/h1-5,10-11,16,24H,6-9,12H2,(H,22,25)(H,23,26). The molecule has 0 unspecified atom stereocenters. The van der Waals surface area contributed by atoms with Crippen LogP contribution in [0.4, 0.5) is 5.69 Å². The Kier molecular flexibility index (Phi) is 6.32. The second kappa shape index (κ2) is 8.88. The predicted molar refractivity (Wildman–Crippen MR) is 103 cm³/mol. The summed E-state index contributed by atoms with van der Waals surface area (Å²) >= 11 is 5.90. The Morgan fingerprint density at radius 1 is 1.15 bits per heavy atom. The zero-order valence-electron chi connectivity index (χ0n) is 14.7. The highest BCUT2D eigenvalue weighted by Crippen LogP contribution is 2.22. The maximum atomic E-state index is 12.4. The van der Waals surface area contributed by atoms with Crippen molar-refractivity contribution in [3.8, 4) is 5.75 Å². The van der Waals surface area contributed by atoms with E-state index in [9.17, 15) is 14.7 Å². The predicted octanol–water partition coefficient (Wildman–Crippen LogP) is 3.14. The molecule has 1 saturated heterocycles. The van der Waals surface area contributed by atoms with Crippen LogP contribution >= 0.6 is 11.6 Å². The van der Waals surface area contributed by atoms with E-state index >= 15 is 0 Å². The number of phenols is 1. The fourth-order valence-corrected chi connectivity index (χ4v) is 3.12. The van der Waals surface area contributed by atoms with Crippen molar-refractivity contribution < 1.29 is 19.4 Å². The summed E-state index contributed by atoms with van der Waals surface area (Å²) in [5, 5.41) is 16.0. The summed E-state index contributed by atoms with van der Waals surface area (Å²) in [6.07, 6.45) is 1.57. The Morgan fingerprint density at radius 2 is 1.93 bits per heavy atom. The number of aromatic hydroxyl groups is 1. The van der Waals surface area contributed by atoms with Crippen molar-refractivity contribution in [2.75, 3.05) is 18.5 Å². The number of carbonyl (C=O) groups excluding carboxylic acids is 2. The molecule has 2 amide bonds. The number of phenolic OH excluding ortho intramolecular Hbond substituents is 1. The molecule has 6 nitrogen and oxygen atoms in total. The number of nitrogens with one attached hydrogen (secondary N) is 2. The smallest absolute Gasteiger partial charge is 0.251 e. The maximum absolute atomic E-state index is 12.4. The van der Waals surface area contributed by atoms with E-state index in [-0.39, 0.29) is 30.0 Å². The van der Waals surface area contributed by atoms with E-state index in [2.05, 4.69) is 10.6 Å². The van der Waals surface area contributed by atoms with Gasteiger partial charge >= 0.3 is 0 Å². The van der Waals surface area contributed by atoms with E-state index in [1.165, 1.54) is 6.07 Å². The van der Waals surface area contributed by atoms with Gasteiger partial charge in [0.15, 0.2) is 0 Å². The van der Waals surface area contributed by atoms with Gasteiger partial charge in [-0.15, -0.1) is 0 Å². The molecule has 2 aromatic carbocycles. The van der Waals surface area contributed by atoms with E-state index in [1.54, 1.807) is 36.4 Å². The normalized spacial score (nSPS) is 14.6. The summed E-state index contributed by atoms with van der Waals surface area (Å²) in [5.41, 5.74) is 1.43. The molecule has 0 atom stereocenters. The molecular formula is C20H21ClN2O4. The maximum Gasteiger partial charge on any atom is 0.251 e. The minimum atomic E-state index is -0.311. The van der Waals surface area contributed by atoms with E-state index in [0.29, 0.717) is 35.1 Å². The van der Waals surface area contributed by atoms with Crippen LogP contribution in [0, 0.1) is 0 Å². The number of anilines is 1. The number of ether oxygens (including phenoxy) is 1. The first-order valence-electron chi connectivity index (χ1n) is 8.77. The Bertz CT molecular complexity index is 834. The average Bonchev–Trinajstić information content (AvgIpc) is 2.65. The van der Waals surface area contributed by atoms with Gasteiger partial charge in [0.05, 0.1) is 6.42 Å². The zero-order chi connectivity index (χ0) is 19.2. The lowest BCUT2D eigenvalue weighted by Gasteiger charge is -2.23. The number of halogens is 1. The van der Waals surface area contributed by atoms with Gasteiger partial charge in [-0.05, 0) is 49.2 Å². The van der Waals surface area contributed by atoms with Crippen molar-refractivity contribution in [2.45, 2.75) is 25.3 Å². The highest BCUT2D eigenvalue weighted by atomic mass is 35.5. The summed E-state index contributed by atoms with van der Waals surface area (Å²) in [4.78, 5) is 24.7. The quantitative estimate of drug-likeness (QED) is 0.734. The topological polar surface area (TPSA) is 87.7 Å². The minimum absolute atomic E-state index is 0.0131. The molecule has 3 N–H and O–H groups in total. The van der Waals surface area contributed by atoms with Crippen molar-refractivity contribution in [3.05, 3.63) is 58.6 Å². The van der Waals surface area contributed by atoms with Crippen LogP contribution in [-0.4, -0.2) is 36.2 Å². The summed E-state index contributed by atoms with van der Waals surface area (Å²) in [7, 11) is 0. The van der Waals surface area contributed by atoms with Gasteiger partial charge in [0.25, 0.3) is 5.91 Å². The molecule has 0 spiro atoms. The van der Waals surface area contributed by atoms with Crippen LogP contribution in [0.1, 0.15) is 28.8 Å². The Labute approximate surface area is 162 Å². The lowest BCUT2D eigenvalue weighted by molar-refractivity contribution is -0.115. The van der Waals surface area contributed by atoms with Gasteiger partial charge < -0.3 is 20.5 Å². The third kappa shape index (κ3) is 5.45. The fraction of sp³-hybridized carbons (Fsp3) is 0.300. The van der Waals surface area contributed by atoms with E-state index in [0.717, 1.165) is 12.8 Å². The van der Waals surface area contributed by atoms with Gasteiger partial charge in [0.1, 0.15) is 5.75 Å². The van der Waals surface area contributed by atoms with E-state index < -0.39 is 0 Å². The largest absolute Gasteiger partial charge is 0.508 e. The van der Waals surface area contributed by atoms with Crippen LogP contribution < -0.4 is 10.6 Å². The molecule has 1 fully saturated rings. The first kappa shape index (κ1) is 19.2. The van der Waals surface area contributed by atoms with Crippen LogP contribution in [-0.2, 0) is 16.0 Å². The van der Waals surface area contributed by atoms with Crippen molar-refractivity contribution in [1.82, 2.24) is 5.32 Å². The minimum Gasteiger partial charge on any atom is -0.508 e. The molecule has 0 aliphatic carbocycles. The fourth-order valence-electron chi connectivity index (χ4n) is 2.92. The second-order valence-corrected chi connectivity index (χ2v) is 6.88. The molecule has 0 saturated carbocycles. The van der Waals surface area contributed by atoms with Gasteiger partial charge in [0, 0.05) is 41.1 Å². The molecule has 7 heteroatoms. The molecule has 0 radical (unpaired) electrons. The van der Waals surface area contributed by atoms with Crippen molar-refractivity contribution in [1.29, 1.82) is 0 Å². The van der Waals surface area contributed by atoms with Gasteiger partial charge in [0.2, 0.25) is 5.91 Å². The molecule has 0 bridgehead atoms. The van der Waals surface area contributed by atoms with E-state index in [4.69, 9.17) is 16.3 Å². The zero-order valence-corrected chi connectivity index (χ0v) is 15.5. The second-order valence-electron chi connectivity index (χ2n) is 6.44. The molecule has 1 aliphatic rings. The Morgan fingerprint density at radius 3 is 2.70 bits per heavy atom. The summed E-state index contributed by atoms with van der Waals surface area (Å²) < 4.78 is 5.29. The van der Waals surface area contributed by atoms with Gasteiger partial charge in [-0.1, -0.05) is 17.7 Å². The number of rotatable bonds is 5. The van der Waals surface area contributed by atoms with Gasteiger partial charge in [-0.2, -0.15) is 0 Å². The number of benzene rings is 2. The average molecular weight is 389 g/mol. The molecule has 1 aliphatic heterocycles. The highest BCUT2D eigenvalue weighted by molar-refractivity contribution is 6.30. The first-order chi connectivity index (χ1) is 13.0. The molecule has 0 aromatic heterocycles. The van der Waals surface area contributed by atoms with Crippen LogP contribution in [0.15, 0.2) is 42.5 Å². The molecule has 3 rings (SSSR count). The van der Waals surface area contributed by atoms with Crippen molar-refractivity contribution >= 4 is 29.1 Å². The lowest BCUT2D eigenvalue weighted by Crippen LogP contribution is -2.38. The molecule has 142 valence electrons. The molecule has 27 heavy (non-hydrogen) atoms. The number of carbonyl (C=O) groups is 2. The Hall–Kier alpha value is -2.57. The van der Waals surface area contributed by atoms with E-state index in [1.807, 2.05) is 0 Å². The SMILES string of the molecule is O=C(Cc1cc(Cl)ccc1O)Nc1cccc(C(=O)NC2CCOCC2)c1.